The van der Waals surface area contributed by atoms with Crippen LogP contribution in [0.25, 0.3) is 27.6 Å². The fraction of sp³-hybridized carbons (Fsp3) is 0.381. The van der Waals surface area contributed by atoms with Crippen molar-refractivity contribution in [3.63, 3.8) is 0 Å². The van der Waals surface area contributed by atoms with Gasteiger partial charge in [-0.25, -0.2) is 0 Å². The van der Waals surface area contributed by atoms with Crippen LogP contribution in [0.2, 0.25) is 0 Å². The second-order valence-electron chi connectivity index (χ2n) is 16.8. The van der Waals surface area contributed by atoms with Crippen LogP contribution < -0.4 is 9.80 Å². The van der Waals surface area contributed by atoms with Gasteiger partial charge in [0, 0.05) is 22.8 Å². The van der Waals surface area contributed by atoms with E-state index < -0.39 is 0 Å². The Kier molecular flexibility index (Phi) is 25.3. The third-order valence-electron chi connectivity index (χ3n) is 11.1. The SMILES string of the molecule is C#C/C(=C\C=C(/C)CC)N(c1cccc(C(C)C)c1)c1cc2c(cc1/C=C\CCCC)cc(N(C1=CC(C)=C=CC=C1)C(C)/C=C\C(=C/C)C(C)C)c1ccccc12.CC.CC.CCC. The maximum Gasteiger partial charge on any atom is 0.0967 e. The maximum atomic E-state index is 6.47. The fourth-order valence-electron chi connectivity index (χ4n) is 7.50. The molecule has 0 spiro atoms. The number of unbranched alkanes of at least 4 members (excludes halogenated alkanes) is 2. The molecule has 0 saturated carbocycles. The van der Waals surface area contributed by atoms with Crippen LogP contribution in [0.15, 0.2) is 161 Å². The van der Waals surface area contributed by atoms with E-state index in [4.69, 9.17) is 6.42 Å². The van der Waals surface area contributed by atoms with Crippen molar-refractivity contribution in [2.75, 3.05) is 9.80 Å². The van der Waals surface area contributed by atoms with Gasteiger partial charge in [0.2, 0.25) is 0 Å². The van der Waals surface area contributed by atoms with Crippen molar-refractivity contribution in [2.24, 2.45) is 5.92 Å². The van der Waals surface area contributed by atoms with Gasteiger partial charge in [-0.3, -0.25) is 0 Å². The number of fused-ring (bicyclic) bond motifs is 3. The summed E-state index contributed by atoms with van der Waals surface area (Å²) in [5.41, 5.74) is 14.7. The number of rotatable bonds is 16. The zero-order valence-electron chi connectivity index (χ0n) is 43.4. The summed E-state index contributed by atoms with van der Waals surface area (Å²) in [6, 6.07) is 24.9. The molecule has 0 aliphatic heterocycles. The van der Waals surface area contributed by atoms with Gasteiger partial charge < -0.3 is 9.80 Å². The number of nitrogens with zero attached hydrogens (tertiary/aromatic N) is 2. The van der Waals surface area contributed by atoms with Crippen LogP contribution in [0.5, 0.6) is 0 Å². The van der Waals surface area contributed by atoms with Crippen molar-refractivity contribution in [1.29, 1.82) is 0 Å². The van der Waals surface area contributed by atoms with E-state index in [2.05, 4.69) is 232 Å². The highest BCUT2D eigenvalue weighted by molar-refractivity contribution is 6.15. The normalized spacial score (nSPS) is 13.4. The first kappa shape index (κ1) is 55.4. The Bertz CT molecular complexity index is 2440. The Labute approximate surface area is 398 Å². The molecule has 0 aromatic heterocycles. The minimum absolute atomic E-state index is 0.0516. The predicted octanol–water partition coefficient (Wildman–Crippen LogP) is 19.7. The summed E-state index contributed by atoms with van der Waals surface area (Å²) >= 11 is 0. The van der Waals surface area contributed by atoms with Gasteiger partial charge in [0.25, 0.3) is 0 Å². The van der Waals surface area contributed by atoms with Gasteiger partial charge in [-0.1, -0.05) is 193 Å². The first-order chi connectivity index (χ1) is 31.4. The van der Waals surface area contributed by atoms with E-state index in [1.54, 1.807) is 0 Å². The zero-order valence-corrected chi connectivity index (χ0v) is 43.4. The molecular weight excluding hydrogens is 785 g/mol. The number of hydrogen-bond acceptors (Lipinski definition) is 2. The first-order valence-corrected chi connectivity index (χ1v) is 24.8. The lowest BCUT2D eigenvalue weighted by atomic mass is 9.94. The molecule has 1 aliphatic carbocycles. The Balaban J connectivity index is 0.00000196. The lowest BCUT2D eigenvalue weighted by Gasteiger charge is -2.33. The second kappa shape index (κ2) is 29.7. The topological polar surface area (TPSA) is 6.48 Å². The summed E-state index contributed by atoms with van der Waals surface area (Å²) in [5, 5.41) is 4.75. The van der Waals surface area contributed by atoms with E-state index in [-0.39, 0.29) is 6.04 Å². The van der Waals surface area contributed by atoms with E-state index >= 15 is 0 Å². The van der Waals surface area contributed by atoms with Crippen molar-refractivity contribution >= 4 is 44.7 Å². The van der Waals surface area contributed by atoms with Crippen molar-refractivity contribution in [3.8, 4) is 12.3 Å². The molecule has 4 aromatic carbocycles. The molecule has 4 aromatic rings. The van der Waals surface area contributed by atoms with Crippen molar-refractivity contribution in [1.82, 2.24) is 0 Å². The fourth-order valence-corrected chi connectivity index (χ4v) is 7.50. The number of hydrogen-bond donors (Lipinski definition) is 0. The van der Waals surface area contributed by atoms with Gasteiger partial charge in [-0.15, -0.1) is 12.2 Å². The summed E-state index contributed by atoms with van der Waals surface area (Å²) in [6.07, 6.45) is 36.3. The Morgan fingerprint density at radius 2 is 1.52 bits per heavy atom. The van der Waals surface area contributed by atoms with Gasteiger partial charge in [-0.2, -0.15) is 0 Å². The number of anilines is 3. The van der Waals surface area contributed by atoms with E-state index in [1.807, 2.05) is 33.8 Å². The minimum Gasteiger partial charge on any atom is -0.334 e. The van der Waals surface area contributed by atoms with Crippen LogP contribution in [-0.2, 0) is 0 Å². The molecule has 0 saturated heterocycles. The van der Waals surface area contributed by atoms with Gasteiger partial charge in [0.1, 0.15) is 0 Å². The molecule has 2 heteroatoms. The lowest BCUT2D eigenvalue weighted by Crippen LogP contribution is -2.30. The quantitative estimate of drug-likeness (QED) is 0.0364. The zero-order chi connectivity index (χ0) is 48.5. The molecule has 5 rings (SSSR count). The second-order valence-corrected chi connectivity index (χ2v) is 16.8. The summed E-state index contributed by atoms with van der Waals surface area (Å²) in [5.74, 6) is 3.92. The first-order valence-electron chi connectivity index (χ1n) is 24.8. The minimum atomic E-state index is 0.0516. The predicted molar refractivity (Wildman–Crippen MR) is 296 cm³/mol. The third kappa shape index (κ3) is 15.7. The molecule has 1 atom stereocenters. The highest BCUT2D eigenvalue weighted by Crippen LogP contribution is 2.43. The van der Waals surface area contributed by atoms with E-state index in [9.17, 15) is 0 Å². The molecule has 0 radical (unpaired) electrons. The summed E-state index contributed by atoms with van der Waals surface area (Å²) in [6.45, 7) is 34.4. The monoisotopic (exact) mass is 869 g/mol. The molecule has 0 bridgehead atoms. The summed E-state index contributed by atoms with van der Waals surface area (Å²) in [4.78, 5) is 4.78. The molecule has 1 unspecified atom stereocenters. The highest BCUT2D eigenvalue weighted by Gasteiger charge is 2.23. The van der Waals surface area contributed by atoms with Crippen LogP contribution >= 0.6 is 0 Å². The van der Waals surface area contributed by atoms with Crippen LogP contribution in [0.3, 0.4) is 0 Å². The Hall–Kier alpha value is -5.74. The largest absolute Gasteiger partial charge is 0.334 e. The van der Waals surface area contributed by atoms with Crippen LogP contribution in [0.1, 0.15) is 160 Å². The van der Waals surface area contributed by atoms with Crippen LogP contribution in [0.4, 0.5) is 17.1 Å². The molecule has 0 N–H and O–H groups in total. The highest BCUT2D eigenvalue weighted by atomic mass is 15.2. The van der Waals surface area contributed by atoms with Crippen molar-refractivity contribution in [2.45, 2.75) is 155 Å². The molecule has 0 fully saturated rings. The summed E-state index contributed by atoms with van der Waals surface area (Å²) < 4.78 is 0. The summed E-state index contributed by atoms with van der Waals surface area (Å²) in [7, 11) is 0. The molecule has 1 aliphatic rings. The van der Waals surface area contributed by atoms with Crippen molar-refractivity contribution < 1.29 is 0 Å². The molecule has 0 heterocycles. The number of allylic oxidation sites excluding steroid dienone is 12. The van der Waals surface area contributed by atoms with Crippen LogP contribution in [-0.4, -0.2) is 6.04 Å². The standard InChI is InChI=1S/C56H64N2.C3H8.2C2H6/c1-12-16-17-18-25-47-36-48-38-56(57(50-27-20-19-24-43(10)35-50)44(11)32-33-45(14-3)40(5)6)53-30-22-21-29-52(53)54(48)39-55(47)58(49(15-4)34-31-42(9)13-2)51-28-23-26-46(37-51)41(7)8;1-3-2;2*1-2/h4,14,18-23,25-41,44H,12-13,16-17H2,1-3,5-11H3;3H2,1-2H3;2*1-2H3/b25-18-,33-32-,42-31+,45-14+,49-34+;;;. The molecule has 65 heavy (non-hydrogen) atoms. The van der Waals surface area contributed by atoms with Gasteiger partial charge >= 0.3 is 0 Å². The molecule has 2 nitrogen and oxygen atoms in total. The van der Waals surface area contributed by atoms with Crippen molar-refractivity contribution in [3.05, 3.63) is 172 Å². The Morgan fingerprint density at radius 3 is 2.14 bits per heavy atom. The van der Waals surface area contributed by atoms with E-state index in [0.717, 1.165) is 65.3 Å². The average molecular weight is 869 g/mol. The lowest BCUT2D eigenvalue weighted by molar-refractivity contribution is 0.782. The molecule has 346 valence electrons. The number of benzene rings is 4. The smallest absolute Gasteiger partial charge is 0.0967 e. The van der Waals surface area contributed by atoms with Gasteiger partial charge in [0.05, 0.1) is 17.1 Å². The maximum absolute atomic E-state index is 6.47. The molecule has 0 amide bonds. The van der Waals surface area contributed by atoms with Gasteiger partial charge in [-0.05, 0) is 145 Å². The van der Waals surface area contributed by atoms with Gasteiger partial charge in [0.15, 0.2) is 0 Å². The number of terminal acetylenes is 1. The molecular formula is C63H84N2. The van der Waals surface area contributed by atoms with Crippen LogP contribution in [0, 0.1) is 18.3 Å². The average Bonchev–Trinajstić information content (AvgIpc) is 3.54. The van der Waals surface area contributed by atoms with E-state index in [0.29, 0.717) is 11.8 Å². The Morgan fingerprint density at radius 1 is 0.831 bits per heavy atom. The van der Waals surface area contributed by atoms with E-state index in [1.165, 1.54) is 44.7 Å². The third-order valence-corrected chi connectivity index (χ3v) is 11.1.